The number of hydrogen-bond donors (Lipinski definition) is 3. The number of aliphatic hydroxyl groups excluding tert-OH is 1. The van der Waals surface area contributed by atoms with Gasteiger partial charge in [0.25, 0.3) is 0 Å². The summed E-state index contributed by atoms with van der Waals surface area (Å²) in [6.45, 7) is 1.54. The van der Waals surface area contributed by atoms with Crippen LogP contribution in [0, 0.1) is 5.82 Å². The number of fused-ring (bicyclic) bond motifs is 1. The van der Waals surface area contributed by atoms with E-state index in [1.165, 1.54) is 18.5 Å². The number of anilines is 3. The smallest absolute Gasteiger partial charge is 0.146 e. The molecule has 2 atom stereocenters. The number of aromatic nitrogens is 2. The van der Waals surface area contributed by atoms with Crippen LogP contribution < -0.4 is 20.7 Å². The Hall–Kier alpha value is -2.45. The normalized spacial score (nSPS) is 22.0. The number of β-amino-alcohol motifs (C(OH)–C–C–N with tert-alkyl or cyclic N) is 1. The Labute approximate surface area is 151 Å². The standard InChI is InChI=1S/C18H22FN5O2/c19-12-4-11-2-1-3-26-18(11)15(5-12)23-16-7-17(22-10-21-16)24-9-14(25)6-13(24)8-20/h4-5,7,10,13-14,25H,1-3,6,8-9,20H2,(H,21,22,23)/t13-,14-/m1/s1. The van der Waals surface area contributed by atoms with Crippen molar-refractivity contribution in [3.63, 3.8) is 0 Å². The molecule has 0 spiro atoms. The number of nitrogens with two attached hydrogens (primary N) is 1. The lowest BCUT2D eigenvalue weighted by Crippen LogP contribution is -2.36. The van der Waals surface area contributed by atoms with Crippen molar-refractivity contribution < 1.29 is 14.2 Å². The topological polar surface area (TPSA) is 96.5 Å². The summed E-state index contributed by atoms with van der Waals surface area (Å²) in [6.07, 6.45) is 3.32. The quantitative estimate of drug-likeness (QED) is 0.763. The van der Waals surface area contributed by atoms with Gasteiger partial charge in [-0.25, -0.2) is 14.4 Å². The first-order valence-electron chi connectivity index (χ1n) is 8.83. The van der Waals surface area contributed by atoms with Crippen LogP contribution in [0.1, 0.15) is 18.4 Å². The van der Waals surface area contributed by atoms with Crippen LogP contribution in [0.3, 0.4) is 0 Å². The van der Waals surface area contributed by atoms with Crippen molar-refractivity contribution in [3.05, 3.63) is 35.9 Å². The molecule has 0 amide bonds. The second-order valence-electron chi connectivity index (χ2n) is 6.71. The lowest BCUT2D eigenvalue weighted by atomic mass is 10.0. The molecule has 1 fully saturated rings. The summed E-state index contributed by atoms with van der Waals surface area (Å²) in [5.41, 5.74) is 7.23. The lowest BCUT2D eigenvalue weighted by Gasteiger charge is -2.24. The van der Waals surface area contributed by atoms with Gasteiger partial charge < -0.3 is 25.8 Å². The van der Waals surface area contributed by atoms with Gasteiger partial charge in [-0.2, -0.15) is 0 Å². The summed E-state index contributed by atoms with van der Waals surface area (Å²) in [4.78, 5) is 10.5. The molecule has 138 valence electrons. The third-order valence-corrected chi connectivity index (χ3v) is 4.84. The average Bonchev–Trinajstić information content (AvgIpc) is 3.03. The molecule has 1 aromatic heterocycles. The van der Waals surface area contributed by atoms with Gasteiger partial charge in [0.15, 0.2) is 0 Å². The molecule has 0 radical (unpaired) electrons. The highest BCUT2D eigenvalue weighted by atomic mass is 19.1. The van der Waals surface area contributed by atoms with E-state index in [1.54, 1.807) is 6.07 Å². The molecule has 0 aliphatic carbocycles. The monoisotopic (exact) mass is 359 g/mol. The van der Waals surface area contributed by atoms with Crippen LogP contribution in [0.15, 0.2) is 24.5 Å². The molecule has 26 heavy (non-hydrogen) atoms. The zero-order chi connectivity index (χ0) is 18.1. The number of benzene rings is 1. The van der Waals surface area contributed by atoms with Gasteiger partial charge in [0.2, 0.25) is 0 Å². The second kappa shape index (κ2) is 7.05. The maximum atomic E-state index is 13.9. The van der Waals surface area contributed by atoms with E-state index in [1.807, 2.05) is 4.90 Å². The van der Waals surface area contributed by atoms with Crippen LogP contribution >= 0.6 is 0 Å². The van der Waals surface area contributed by atoms with Crippen LogP contribution in [-0.2, 0) is 6.42 Å². The number of hydrogen-bond acceptors (Lipinski definition) is 7. The highest BCUT2D eigenvalue weighted by Gasteiger charge is 2.31. The highest BCUT2D eigenvalue weighted by Crippen LogP contribution is 2.36. The van der Waals surface area contributed by atoms with Crippen molar-refractivity contribution in [1.29, 1.82) is 0 Å². The molecular weight excluding hydrogens is 337 g/mol. The number of ether oxygens (including phenoxy) is 1. The van der Waals surface area contributed by atoms with E-state index in [0.717, 1.165) is 18.4 Å². The van der Waals surface area contributed by atoms with E-state index in [2.05, 4.69) is 15.3 Å². The molecule has 8 heteroatoms. The van der Waals surface area contributed by atoms with E-state index in [-0.39, 0.29) is 11.9 Å². The lowest BCUT2D eigenvalue weighted by molar-refractivity contribution is 0.194. The predicted octanol–water partition coefficient (Wildman–Crippen LogP) is 1.58. The summed E-state index contributed by atoms with van der Waals surface area (Å²) in [5, 5.41) is 13.1. The first-order valence-corrected chi connectivity index (χ1v) is 8.83. The molecule has 2 aromatic rings. The summed E-state index contributed by atoms with van der Waals surface area (Å²) < 4.78 is 19.7. The Balaban J connectivity index is 1.61. The molecule has 3 heterocycles. The molecule has 2 aliphatic rings. The Morgan fingerprint density at radius 2 is 2.23 bits per heavy atom. The molecule has 4 rings (SSSR count). The molecule has 1 aromatic carbocycles. The first-order chi connectivity index (χ1) is 12.6. The van der Waals surface area contributed by atoms with Crippen molar-refractivity contribution in [2.75, 3.05) is 29.9 Å². The number of halogens is 1. The molecular formula is C18H22FN5O2. The van der Waals surface area contributed by atoms with Gasteiger partial charge in [-0.15, -0.1) is 0 Å². The van der Waals surface area contributed by atoms with Gasteiger partial charge in [0.05, 0.1) is 18.4 Å². The van der Waals surface area contributed by atoms with Gasteiger partial charge in [-0.1, -0.05) is 0 Å². The fourth-order valence-corrected chi connectivity index (χ4v) is 3.64. The van der Waals surface area contributed by atoms with Crippen molar-refractivity contribution in [2.24, 2.45) is 5.73 Å². The highest BCUT2D eigenvalue weighted by molar-refractivity contribution is 5.68. The zero-order valence-electron chi connectivity index (χ0n) is 14.4. The summed E-state index contributed by atoms with van der Waals surface area (Å²) in [7, 11) is 0. The molecule has 0 bridgehead atoms. The predicted molar refractivity (Wildman–Crippen MR) is 96.3 cm³/mol. The maximum absolute atomic E-state index is 13.9. The number of aryl methyl sites for hydroxylation is 1. The molecule has 2 aliphatic heterocycles. The molecule has 4 N–H and O–H groups in total. The zero-order valence-corrected chi connectivity index (χ0v) is 14.4. The Morgan fingerprint density at radius 3 is 3.08 bits per heavy atom. The molecule has 0 unspecified atom stereocenters. The van der Waals surface area contributed by atoms with Gasteiger partial charge in [-0.05, 0) is 30.9 Å². The van der Waals surface area contributed by atoms with Crippen molar-refractivity contribution in [1.82, 2.24) is 9.97 Å². The maximum Gasteiger partial charge on any atom is 0.146 e. The minimum absolute atomic E-state index is 0.0398. The number of nitrogens with zero attached hydrogens (tertiary/aromatic N) is 3. The van der Waals surface area contributed by atoms with Crippen molar-refractivity contribution >= 4 is 17.3 Å². The number of aliphatic hydroxyl groups is 1. The fourth-order valence-electron chi connectivity index (χ4n) is 3.64. The van der Waals surface area contributed by atoms with Crippen LogP contribution in [0.25, 0.3) is 0 Å². The minimum Gasteiger partial charge on any atom is -0.491 e. The molecule has 1 saturated heterocycles. The third kappa shape index (κ3) is 3.30. The Bertz CT molecular complexity index is 803. The van der Waals surface area contributed by atoms with Crippen LogP contribution in [-0.4, -0.2) is 46.9 Å². The summed E-state index contributed by atoms with van der Waals surface area (Å²) in [5.74, 6) is 1.58. The summed E-state index contributed by atoms with van der Waals surface area (Å²) in [6, 6.07) is 4.75. The van der Waals surface area contributed by atoms with E-state index >= 15 is 0 Å². The van der Waals surface area contributed by atoms with E-state index < -0.39 is 6.10 Å². The van der Waals surface area contributed by atoms with Crippen LogP contribution in [0.2, 0.25) is 0 Å². The van der Waals surface area contributed by atoms with Crippen LogP contribution in [0.5, 0.6) is 5.75 Å². The van der Waals surface area contributed by atoms with Crippen molar-refractivity contribution in [2.45, 2.75) is 31.4 Å². The van der Waals surface area contributed by atoms with Crippen molar-refractivity contribution in [3.8, 4) is 5.75 Å². The Morgan fingerprint density at radius 1 is 1.35 bits per heavy atom. The first kappa shape index (κ1) is 17.0. The van der Waals surface area contributed by atoms with E-state index in [0.29, 0.717) is 49.2 Å². The minimum atomic E-state index is -0.418. The van der Waals surface area contributed by atoms with Gasteiger partial charge >= 0.3 is 0 Å². The van der Waals surface area contributed by atoms with E-state index in [4.69, 9.17) is 10.5 Å². The third-order valence-electron chi connectivity index (χ3n) is 4.84. The van der Waals surface area contributed by atoms with E-state index in [9.17, 15) is 9.50 Å². The fraction of sp³-hybridized carbons (Fsp3) is 0.444. The number of nitrogens with one attached hydrogen (secondary N) is 1. The molecule has 0 saturated carbocycles. The number of rotatable bonds is 4. The largest absolute Gasteiger partial charge is 0.491 e. The van der Waals surface area contributed by atoms with Gasteiger partial charge in [-0.3, -0.25) is 0 Å². The Kier molecular flexibility index (Phi) is 4.60. The summed E-state index contributed by atoms with van der Waals surface area (Å²) >= 11 is 0. The average molecular weight is 359 g/mol. The van der Waals surface area contributed by atoms with Crippen LogP contribution in [0.4, 0.5) is 21.7 Å². The van der Waals surface area contributed by atoms with Gasteiger partial charge in [0.1, 0.15) is 29.5 Å². The SMILES string of the molecule is NC[C@H]1C[C@@H](O)CN1c1cc(Nc2cc(F)cc3c2OCCC3)ncn1. The molecule has 7 nitrogen and oxygen atoms in total. The van der Waals surface area contributed by atoms with Gasteiger partial charge in [0, 0.05) is 31.3 Å². The second-order valence-corrected chi connectivity index (χ2v) is 6.71.